The highest BCUT2D eigenvalue weighted by molar-refractivity contribution is 5.85. The molecule has 4 bridgehead atoms. The van der Waals surface area contributed by atoms with Crippen LogP contribution in [0.5, 0.6) is 0 Å². The van der Waals surface area contributed by atoms with Crippen LogP contribution in [0.15, 0.2) is 0 Å². The summed E-state index contributed by atoms with van der Waals surface area (Å²) in [5, 5.41) is 1.81. The Balaban J connectivity index is 1.74. The lowest BCUT2D eigenvalue weighted by Gasteiger charge is -2.54. The van der Waals surface area contributed by atoms with Crippen molar-refractivity contribution in [3.05, 3.63) is 0 Å². The van der Waals surface area contributed by atoms with Gasteiger partial charge in [-0.05, 0) is 55.8 Å². The van der Waals surface area contributed by atoms with Gasteiger partial charge < -0.3 is 5.32 Å². The Morgan fingerprint density at radius 3 is 1.61 bits per heavy atom. The normalized spacial score (nSPS) is 37.1. The Hall–Kier alpha value is -1.02. The van der Waals surface area contributed by atoms with Crippen molar-refractivity contribution in [2.24, 2.45) is 23.7 Å². The minimum atomic E-state index is -6.49. The third-order valence-corrected chi connectivity index (χ3v) is 5.56. The van der Waals surface area contributed by atoms with E-state index in [4.69, 9.17) is 0 Å². The molecule has 4 rings (SSSR count). The lowest BCUT2D eigenvalue weighted by Crippen LogP contribution is -2.64. The fraction of sp³-hybridized carbons (Fsp3) is 0.929. The first kappa shape index (κ1) is 16.8. The summed E-state index contributed by atoms with van der Waals surface area (Å²) in [6.45, 7) is 0. The van der Waals surface area contributed by atoms with Gasteiger partial charge in [0.2, 0.25) is 0 Å². The number of alkyl halides is 7. The molecule has 1 N–H and O–H groups in total. The van der Waals surface area contributed by atoms with Crippen molar-refractivity contribution in [2.45, 2.75) is 56.2 Å². The van der Waals surface area contributed by atoms with Gasteiger partial charge in [-0.3, -0.25) is 4.79 Å². The monoisotopic (exact) mass is 347 g/mol. The van der Waals surface area contributed by atoms with E-state index in [1.807, 2.05) is 5.32 Å². The second kappa shape index (κ2) is 4.99. The van der Waals surface area contributed by atoms with Crippen LogP contribution < -0.4 is 5.32 Å². The van der Waals surface area contributed by atoms with Crippen LogP contribution >= 0.6 is 0 Å². The molecule has 0 saturated heterocycles. The van der Waals surface area contributed by atoms with Gasteiger partial charge in [0.25, 0.3) is 5.91 Å². The molecule has 0 aromatic rings. The molecule has 0 spiro atoms. The molecular weight excluding hydrogens is 331 g/mol. The highest BCUT2D eigenvalue weighted by Gasteiger charge is 2.76. The number of halogens is 7. The molecule has 2 nitrogen and oxygen atoms in total. The minimum Gasteiger partial charge on any atom is -0.347 e. The van der Waals surface area contributed by atoms with Crippen LogP contribution in [0, 0.1) is 23.7 Å². The van der Waals surface area contributed by atoms with E-state index in [9.17, 15) is 35.5 Å². The topological polar surface area (TPSA) is 29.1 Å². The zero-order valence-electron chi connectivity index (χ0n) is 12.0. The standard InChI is InChI=1S/C14H16F7NO/c15-12(16,13(17,18)14(19,20)21)11(23)22-10-8-2-6-1-7(4-8)5-9(10)3-6/h6-10H,1-5H2,(H,22,23). The Bertz CT molecular complexity index is 474. The van der Waals surface area contributed by atoms with Gasteiger partial charge in [0.1, 0.15) is 0 Å². The molecule has 4 aliphatic carbocycles. The van der Waals surface area contributed by atoms with Crippen molar-refractivity contribution in [1.29, 1.82) is 0 Å². The molecular formula is C14H16F7NO. The molecule has 0 unspecified atom stereocenters. The van der Waals surface area contributed by atoms with E-state index in [1.165, 1.54) is 0 Å². The summed E-state index contributed by atoms with van der Waals surface area (Å²) < 4.78 is 89.2. The van der Waals surface area contributed by atoms with Crippen LogP contribution in [-0.2, 0) is 4.79 Å². The summed E-state index contributed by atoms with van der Waals surface area (Å²) in [5.41, 5.74) is 0. The Kier molecular flexibility index (Phi) is 3.65. The maximum Gasteiger partial charge on any atom is 0.460 e. The molecule has 0 aromatic heterocycles. The van der Waals surface area contributed by atoms with Crippen molar-refractivity contribution in [3.8, 4) is 0 Å². The number of carbonyl (C=O) groups is 1. The molecule has 0 aliphatic heterocycles. The van der Waals surface area contributed by atoms with E-state index in [0.29, 0.717) is 37.5 Å². The van der Waals surface area contributed by atoms with E-state index in [-0.39, 0.29) is 11.8 Å². The molecule has 4 aliphatic rings. The molecule has 1 amide bonds. The summed E-state index contributed by atoms with van der Waals surface area (Å²) in [4.78, 5) is 11.5. The largest absolute Gasteiger partial charge is 0.460 e. The molecule has 0 aromatic carbocycles. The highest BCUT2D eigenvalue weighted by Crippen LogP contribution is 2.54. The van der Waals surface area contributed by atoms with Gasteiger partial charge in [0, 0.05) is 6.04 Å². The third kappa shape index (κ3) is 2.50. The third-order valence-electron chi connectivity index (χ3n) is 5.56. The maximum atomic E-state index is 13.4. The van der Waals surface area contributed by atoms with Crippen molar-refractivity contribution in [2.75, 3.05) is 0 Å². The van der Waals surface area contributed by atoms with Crippen LogP contribution in [-0.4, -0.2) is 30.0 Å². The molecule has 4 saturated carbocycles. The number of rotatable bonds is 3. The summed E-state index contributed by atoms with van der Waals surface area (Å²) in [6.07, 6.45) is -2.61. The number of carbonyl (C=O) groups excluding carboxylic acids is 1. The SMILES string of the molecule is O=C(NC1C2CC3CC(C2)CC1C3)C(F)(F)C(F)(F)C(F)(F)F. The fourth-order valence-electron chi connectivity index (χ4n) is 4.72. The average molecular weight is 347 g/mol. The second-order valence-electron chi connectivity index (χ2n) is 7.08. The van der Waals surface area contributed by atoms with E-state index < -0.39 is 30.0 Å². The molecule has 132 valence electrons. The fourth-order valence-corrected chi connectivity index (χ4v) is 4.72. The van der Waals surface area contributed by atoms with E-state index >= 15 is 0 Å². The van der Waals surface area contributed by atoms with E-state index in [2.05, 4.69) is 0 Å². The Morgan fingerprint density at radius 1 is 0.783 bits per heavy atom. The van der Waals surface area contributed by atoms with Gasteiger partial charge in [0.15, 0.2) is 0 Å². The lowest BCUT2D eigenvalue weighted by atomic mass is 9.54. The zero-order chi connectivity index (χ0) is 17.2. The predicted molar refractivity (Wildman–Crippen MR) is 64.9 cm³/mol. The van der Waals surface area contributed by atoms with Gasteiger partial charge in [-0.1, -0.05) is 0 Å². The number of hydrogen-bond acceptors (Lipinski definition) is 1. The summed E-state index contributed by atoms with van der Waals surface area (Å²) in [7, 11) is 0. The minimum absolute atomic E-state index is 0.106. The smallest absolute Gasteiger partial charge is 0.347 e. The zero-order valence-corrected chi connectivity index (χ0v) is 12.0. The van der Waals surface area contributed by atoms with Crippen LogP contribution in [0.1, 0.15) is 32.1 Å². The summed E-state index contributed by atoms with van der Waals surface area (Å²) >= 11 is 0. The first-order valence-electron chi connectivity index (χ1n) is 7.56. The molecule has 0 radical (unpaired) electrons. The molecule has 4 fully saturated rings. The molecule has 0 atom stereocenters. The van der Waals surface area contributed by atoms with Gasteiger partial charge in [-0.25, -0.2) is 0 Å². The number of nitrogens with one attached hydrogen (secondary N) is 1. The van der Waals surface area contributed by atoms with E-state index in [1.54, 1.807) is 0 Å². The molecule has 9 heteroatoms. The van der Waals surface area contributed by atoms with Gasteiger partial charge in [0.05, 0.1) is 0 Å². The lowest BCUT2D eigenvalue weighted by molar-refractivity contribution is -0.344. The quantitative estimate of drug-likeness (QED) is 0.774. The van der Waals surface area contributed by atoms with E-state index in [0.717, 1.165) is 6.42 Å². The van der Waals surface area contributed by atoms with Crippen molar-refractivity contribution < 1.29 is 35.5 Å². The summed E-state index contributed by atoms with van der Waals surface area (Å²) in [6, 6.07) is -0.731. The van der Waals surface area contributed by atoms with Crippen molar-refractivity contribution in [1.82, 2.24) is 5.32 Å². The first-order valence-corrected chi connectivity index (χ1v) is 7.56. The average Bonchev–Trinajstić information content (AvgIpc) is 2.40. The number of hydrogen-bond donors (Lipinski definition) is 1. The molecule has 0 heterocycles. The van der Waals surface area contributed by atoms with Crippen LogP contribution in [0.3, 0.4) is 0 Å². The van der Waals surface area contributed by atoms with Gasteiger partial charge in [-0.2, -0.15) is 30.7 Å². The molecule has 23 heavy (non-hydrogen) atoms. The van der Waals surface area contributed by atoms with Crippen LogP contribution in [0.4, 0.5) is 30.7 Å². The summed E-state index contributed by atoms with van der Waals surface area (Å²) in [5.74, 6) is -14.1. The first-order chi connectivity index (χ1) is 10.4. The van der Waals surface area contributed by atoms with Crippen molar-refractivity contribution in [3.63, 3.8) is 0 Å². The highest BCUT2D eigenvalue weighted by atomic mass is 19.4. The second-order valence-corrected chi connectivity index (χ2v) is 7.08. The van der Waals surface area contributed by atoms with Crippen molar-refractivity contribution >= 4 is 5.91 Å². The predicted octanol–water partition coefficient (Wildman–Crippen LogP) is 3.76. The van der Waals surface area contributed by atoms with Gasteiger partial charge in [-0.15, -0.1) is 0 Å². The Morgan fingerprint density at radius 2 is 1.22 bits per heavy atom. The van der Waals surface area contributed by atoms with Crippen LogP contribution in [0.25, 0.3) is 0 Å². The number of amides is 1. The maximum absolute atomic E-state index is 13.4. The van der Waals surface area contributed by atoms with Crippen LogP contribution in [0.2, 0.25) is 0 Å². The van der Waals surface area contributed by atoms with Gasteiger partial charge >= 0.3 is 18.0 Å². The Labute approximate surface area is 127 Å².